The van der Waals surface area contributed by atoms with Gasteiger partial charge in [0, 0.05) is 6.54 Å². The molecule has 26 heavy (non-hydrogen) atoms. The highest BCUT2D eigenvalue weighted by atomic mass is 32.1. The molecule has 0 fully saturated rings. The van der Waals surface area contributed by atoms with E-state index in [9.17, 15) is 4.79 Å². The summed E-state index contributed by atoms with van der Waals surface area (Å²) in [7, 11) is 0. The number of aromatic nitrogens is 1. The van der Waals surface area contributed by atoms with Gasteiger partial charge in [0.1, 0.15) is 22.2 Å². The van der Waals surface area contributed by atoms with Crippen LogP contribution in [0.25, 0.3) is 0 Å². The van der Waals surface area contributed by atoms with Crippen molar-refractivity contribution in [1.82, 2.24) is 15.2 Å². The van der Waals surface area contributed by atoms with Crippen LogP contribution in [0.4, 0.5) is 0 Å². The molecule has 0 saturated carbocycles. The zero-order valence-electron chi connectivity index (χ0n) is 16.0. The lowest BCUT2D eigenvalue weighted by Gasteiger charge is -2.17. The Morgan fingerprint density at radius 3 is 2.62 bits per heavy atom. The number of nitrogens with one attached hydrogen (secondary N) is 1. The Kier molecular flexibility index (Phi) is 8.58. The molecule has 6 heteroatoms. The van der Waals surface area contributed by atoms with Gasteiger partial charge in [0.2, 0.25) is 0 Å². The second kappa shape index (κ2) is 10.9. The van der Waals surface area contributed by atoms with E-state index in [2.05, 4.69) is 29.0 Å². The van der Waals surface area contributed by atoms with Crippen LogP contribution in [-0.4, -0.2) is 42.0 Å². The van der Waals surface area contributed by atoms with E-state index in [-0.39, 0.29) is 5.91 Å². The third-order valence-electron chi connectivity index (χ3n) is 4.23. The van der Waals surface area contributed by atoms with Gasteiger partial charge in [-0.2, -0.15) is 0 Å². The molecule has 0 bridgehead atoms. The summed E-state index contributed by atoms with van der Waals surface area (Å²) in [5.74, 6) is 0.772. The van der Waals surface area contributed by atoms with Crippen LogP contribution in [0.3, 0.4) is 0 Å². The fraction of sp³-hybridized carbons (Fsp3) is 0.500. The standard InChI is InChI=1S/C20H29N3O2S/c1-4-23(5-2)14-10-9-13-21-20(24)19-16(3)22-18(26-19)15-25-17-11-7-6-8-12-17/h6-8,11-12H,4-5,9-10,13-15H2,1-3H3,(H,21,24). The molecule has 0 aliphatic heterocycles. The van der Waals surface area contributed by atoms with Crippen LogP contribution in [0.5, 0.6) is 5.75 Å². The van der Waals surface area contributed by atoms with Crippen molar-refractivity contribution in [2.24, 2.45) is 0 Å². The van der Waals surface area contributed by atoms with Crippen LogP contribution in [0.15, 0.2) is 30.3 Å². The van der Waals surface area contributed by atoms with Gasteiger partial charge in [0.05, 0.1) is 5.69 Å². The van der Waals surface area contributed by atoms with Crippen molar-refractivity contribution in [2.75, 3.05) is 26.2 Å². The number of para-hydroxylation sites is 1. The van der Waals surface area contributed by atoms with Gasteiger partial charge in [-0.05, 0) is 51.5 Å². The zero-order valence-corrected chi connectivity index (χ0v) is 16.8. The number of hydrogen-bond acceptors (Lipinski definition) is 5. The molecule has 0 aliphatic rings. The van der Waals surface area contributed by atoms with Gasteiger partial charge in [-0.15, -0.1) is 11.3 Å². The Morgan fingerprint density at radius 2 is 1.92 bits per heavy atom. The molecule has 1 aromatic carbocycles. The molecule has 0 radical (unpaired) electrons. The third kappa shape index (κ3) is 6.42. The fourth-order valence-electron chi connectivity index (χ4n) is 2.67. The average Bonchev–Trinajstić information content (AvgIpc) is 3.04. The molecule has 1 heterocycles. The van der Waals surface area contributed by atoms with E-state index in [1.54, 1.807) is 0 Å². The average molecular weight is 376 g/mol. The molecule has 1 N–H and O–H groups in total. The fourth-order valence-corrected chi connectivity index (χ4v) is 3.56. The highest BCUT2D eigenvalue weighted by Gasteiger charge is 2.15. The lowest BCUT2D eigenvalue weighted by Crippen LogP contribution is -2.27. The zero-order chi connectivity index (χ0) is 18.8. The summed E-state index contributed by atoms with van der Waals surface area (Å²) in [6.45, 7) is 10.6. The van der Waals surface area contributed by atoms with Crippen LogP contribution in [0, 0.1) is 6.92 Å². The Balaban J connectivity index is 1.75. The number of thiazole rings is 1. The first-order chi connectivity index (χ1) is 12.6. The monoisotopic (exact) mass is 375 g/mol. The Labute approximate surface area is 160 Å². The summed E-state index contributed by atoms with van der Waals surface area (Å²) in [5, 5.41) is 3.83. The lowest BCUT2D eigenvalue weighted by atomic mass is 10.2. The minimum atomic E-state index is -0.0335. The van der Waals surface area contributed by atoms with Crippen molar-refractivity contribution in [2.45, 2.75) is 40.2 Å². The number of unbranched alkanes of at least 4 members (excludes halogenated alkanes) is 1. The van der Waals surface area contributed by atoms with E-state index in [1.165, 1.54) is 11.3 Å². The van der Waals surface area contributed by atoms with Gasteiger partial charge in [-0.3, -0.25) is 4.79 Å². The lowest BCUT2D eigenvalue weighted by molar-refractivity contribution is 0.0956. The van der Waals surface area contributed by atoms with Crippen molar-refractivity contribution in [1.29, 1.82) is 0 Å². The number of ether oxygens (including phenoxy) is 1. The maximum atomic E-state index is 12.4. The van der Waals surface area contributed by atoms with Gasteiger partial charge >= 0.3 is 0 Å². The van der Waals surface area contributed by atoms with E-state index >= 15 is 0 Å². The maximum Gasteiger partial charge on any atom is 0.263 e. The Morgan fingerprint density at radius 1 is 1.19 bits per heavy atom. The molecule has 0 unspecified atom stereocenters. The molecular formula is C20H29N3O2S. The summed E-state index contributed by atoms with van der Waals surface area (Å²) >= 11 is 1.41. The number of benzene rings is 1. The third-order valence-corrected chi connectivity index (χ3v) is 5.36. The number of carbonyl (C=O) groups excluding carboxylic acids is 1. The number of rotatable bonds is 11. The molecule has 142 valence electrons. The number of hydrogen-bond donors (Lipinski definition) is 1. The van der Waals surface area contributed by atoms with Gasteiger partial charge in [0.15, 0.2) is 0 Å². The van der Waals surface area contributed by atoms with E-state index < -0.39 is 0 Å². The molecule has 1 amide bonds. The quantitative estimate of drug-likeness (QED) is 0.606. The van der Waals surface area contributed by atoms with Gasteiger partial charge in [0.25, 0.3) is 5.91 Å². The maximum absolute atomic E-state index is 12.4. The Hall–Kier alpha value is -1.92. The van der Waals surface area contributed by atoms with Gasteiger partial charge in [-0.25, -0.2) is 4.98 Å². The van der Waals surface area contributed by atoms with Crippen LogP contribution in [-0.2, 0) is 6.61 Å². The van der Waals surface area contributed by atoms with Crippen LogP contribution < -0.4 is 10.1 Å². The second-order valence-corrected chi connectivity index (χ2v) is 7.20. The molecule has 0 aliphatic carbocycles. The highest BCUT2D eigenvalue weighted by Crippen LogP contribution is 2.20. The summed E-state index contributed by atoms with van der Waals surface area (Å²) in [4.78, 5) is 19.9. The normalized spacial score (nSPS) is 10.9. The molecule has 1 aromatic heterocycles. The molecule has 2 aromatic rings. The topological polar surface area (TPSA) is 54.5 Å². The highest BCUT2D eigenvalue weighted by molar-refractivity contribution is 7.13. The van der Waals surface area contributed by atoms with E-state index in [0.29, 0.717) is 18.0 Å². The van der Waals surface area contributed by atoms with Crippen molar-refractivity contribution in [3.63, 3.8) is 0 Å². The van der Waals surface area contributed by atoms with Crippen molar-refractivity contribution in [3.8, 4) is 5.75 Å². The summed E-state index contributed by atoms with van der Waals surface area (Å²) < 4.78 is 5.71. The smallest absolute Gasteiger partial charge is 0.263 e. The van der Waals surface area contributed by atoms with Gasteiger partial charge < -0.3 is 15.0 Å². The minimum Gasteiger partial charge on any atom is -0.486 e. The number of aryl methyl sites for hydroxylation is 1. The summed E-state index contributed by atoms with van der Waals surface area (Å²) in [5.41, 5.74) is 0.766. The van der Waals surface area contributed by atoms with Crippen LogP contribution in [0.1, 0.15) is 47.1 Å². The number of carbonyl (C=O) groups is 1. The largest absolute Gasteiger partial charge is 0.486 e. The predicted molar refractivity (Wildman–Crippen MR) is 107 cm³/mol. The van der Waals surface area contributed by atoms with Gasteiger partial charge in [-0.1, -0.05) is 32.0 Å². The Bertz CT molecular complexity index is 669. The van der Waals surface area contributed by atoms with Crippen LogP contribution >= 0.6 is 11.3 Å². The molecule has 0 atom stereocenters. The van der Waals surface area contributed by atoms with E-state index in [0.717, 1.165) is 48.9 Å². The van der Waals surface area contributed by atoms with Crippen molar-refractivity contribution in [3.05, 3.63) is 45.9 Å². The molecule has 5 nitrogen and oxygen atoms in total. The first kappa shape index (κ1) is 20.4. The van der Waals surface area contributed by atoms with Crippen molar-refractivity contribution >= 4 is 17.2 Å². The SMILES string of the molecule is CCN(CC)CCCCNC(=O)c1sc(COc2ccccc2)nc1C. The summed E-state index contributed by atoms with van der Waals surface area (Å²) in [6, 6.07) is 9.63. The molecule has 2 rings (SSSR count). The second-order valence-electron chi connectivity index (χ2n) is 6.11. The molecule has 0 spiro atoms. The summed E-state index contributed by atoms with van der Waals surface area (Å²) in [6.07, 6.45) is 2.09. The molecular weight excluding hydrogens is 346 g/mol. The van der Waals surface area contributed by atoms with E-state index in [1.807, 2.05) is 37.3 Å². The van der Waals surface area contributed by atoms with E-state index in [4.69, 9.17) is 4.74 Å². The first-order valence-electron chi connectivity index (χ1n) is 9.28. The number of amides is 1. The molecule has 0 saturated heterocycles. The van der Waals surface area contributed by atoms with Crippen molar-refractivity contribution < 1.29 is 9.53 Å². The minimum absolute atomic E-state index is 0.0335. The number of nitrogens with zero attached hydrogens (tertiary/aromatic N) is 2. The van der Waals surface area contributed by atoms with Crippen LogP contribution in [0.2, 0.25) is 0 Å². The first-order valence-corrected chi connectivity index (χ1v) is 10.1. The predicted octanol–water partition coefficient (Wildman–Crippen LogP) is 3.88.